The lowest BCUT2D eigenvalue weighted by Gasteiger charge is -2.18. The molecular weight excluding hydrogens is 250 g/mol. The second-order valence-corrected chi connectivity index (χ2v) is 3.66. The summed E-state index contributed by atoms with van der Waals surface area (Å²) in [4.78, 5) is 34.2. The third-order valence-electron chi connectivity index (χ3n) is 2.31. The molecule has 1 rings (SSSR count). The molecule has 0 unspecified atom stereocenters. The third kappa shape index (κ3) is 5.20. The summed E-state index contributed by atoms with van der Waals surface area (Å²) in [6, 6.07) is 9.10. The Hall–Kier alpha value is -2.37. The van der Waals surface area contributed by atoms with Crippen LogP contribution in [-0.4, -0.2) is 43.4 Å². The van der Waals surface area contributed by atoms with Crippen molar-refractivity contribution in [2.24, 2.45) is 0 Å². The molecule has 0 radical (unpaired) electrons. The first kappa shape index (κ1) is 14.7. The normalized spacial score (nSPS) is 9.53. The maximum absolute atomic E-state index is 11.7. The van der Waals surface area contributed by atoms with Gasteiger partial charge in [-0.2, -0.15) is 0 Å². The van der Waals surface area contributed by atoms with E-state index in [0.717, 1.165) is 10.5 Å². The molecule has 1 amide bonds. The van der Waals surface area contributed by atoms with E-state index in [1.54, 1.807) is 12.1 Å². The van der Waals surface area contributed by atoms with Crippen molar-refractivity contribution in [3.8, 4) is 0 Å². The van der Waals surface area contributed by atoms with Crippen LogP contribution < -0.4 is 0 Å². The number of carbonyl (C=O) groups is 3. The molecule has 0 N–H and O–H groups in total. The van der Waals surface area contributed by atoms with Gasteiger partial charge in [0, 0.05) is 0 Å². The average molecular weight is 265 g/mol. The maximum atomic E-state index is 11.7. The van der Waals surface area contributed by atoms with Gasteiger partial charge in [0.15, 0.2) is 0 Å². The largest absolute Gasteiger partial charge is 0.468 e. The Balaban J connectivity index is 2.52. The van der Waals surface area contributed by atoms with Crippen molar-refractivity contribution in [1.82, 2.24) is 4.90 Å². The van der Waals surface area contributed by atoms with Crippen LogP contribution in [0.4, 0.5) is 4.79 Å². The van der Waals surface area contributed by atoms with E-state index in [0.29, 0.717) is 6.29 Å². The lowest BCUT2D eigenvalue weighted by Crippen LogP contribution is -2.37. The first-order valence-corrected chi connectivity index (χ1v) is 5.63. The highest BCUT2D eigenvalue weighted by atomic mass is 16.6. The zero-order chi connectivity index (χ0) is 14.1. The van der Waals surface area contributed by atoms with Crippen LogP contribution in [0, 0.1) is 0 Å². The Morgan fingerprint density at radius 1 is 1.26 bits per heavy atom. The smallest absolute Gasteiger partial charge is 0.411 e. The summed E-state index contributed by atoms with van der Waals surface area (Å²) in [5.74, 6) is -0.612. The van der Waals surface area contributed by atoms with Crippen LogP contribution in [0.25, 0.3) is 0 Å². The van der Waals surface area contributed by atoms with Gasteiger partial charge in [0.05, 0.1) is 13.7 Å². The number of methoxy groups -OCH3 is 1. The van der Waals surface area contributed by atoms with E-state index in [4.69, 9.17) is 4.74 Å². The summed E-state index contributed by atoms with van der Waals surface area (Å²) in [6.45, 7) is -0.457. The Morgan fingerprint density at radius 2 is 1.95 bits per heavy atom. The number of rotatable bonds is 6. The number of esters is 1. The number of hydrogen-bond donors (Lipinski definition) is 0. The summed E-state index contributed by atoms with van der Waals surface area (Å²) in [6.07, 6.45) is -0.214. The number of ether oxygens (including phenoxy) is 2. The van der Waals surface area contributed by atoms with Crippen LogP contribution in [0.15, 0.2) is 30.3 Å². The van der Waals surface area contributed by atoms with Crippen LogP contribution in [0.1, 0.15) is 5.56 Å². The van der Waals surface area contributed by atoms with Crippen LogP contribution in [-0.2, 0) is 25.7 Å². The minimum atomic E-state index is -0.735. The predicted octanol–water partition coefficient (Wildman–Crippen LogP) is 0.997. The fraction of sp³-hybridized carbons (Fsp3) is 0.308. The summed E-state index contributed by atoms with van der Waals surface area (Å²) >= 11 is 0. The van der Waals surface area contributed by atoms with E-state index in [2.05, 4.69) is 4.74 Å². The molecule has 0 atom stereocenters. The molecule has 102 valence electrons. The molecule has 6 heteroatoms. The van der Waals surface area contributed by atoms with Gasteiger partial charge < -0.3 is 14.3 Å². The van der Waals surface area contributed by atoms with E-state index < -0.39 is 12.1 Å². The fourth-order valence-corrected chi connectivity index (χ4v) is 1.32. The molecule has 19 heavy (non-hydrogen) atoms. The number of nitrogens with zero attached hydrogens (tertiary/aromatic N) is 1. The first-order chi connectivity index (χ1) is 9.17. The minimum Gasteiger partial charge on any atom is -0.468 e. The molecule has 1 aromatic carbocycles. The van der Waals surface area contributed by atoms with E-state index in [-0.39, 0.29) is 19.7 Å². The number of hydrogen-bond acceptors (Lipinski definition) is 5. The molecule has 0 fully saturated rings. The molecule has 0 aromatic heterocycles. The molecule has 0 aliphatic rings. The fourth-order valence-electron chi connectivity index (χ4n) is 1.32. The number of aldehydes is 1. The van der Waals surface area contributed by atoms with Crippen LogP contribution in [0.3, 0.4) is 0 Å². The SMILES string of the molecule is COC(=O)CN(CC=O)C(=O)OCc1ccccc1. The molecule has 0 aliphatic carbocycles. The summed E-state index contributed by atoms with van der Waals surface area (Å²) in [7, 11) is 1.21. The van der Waals surface area contributed by atoms with E-state index in [1.165, 1.54) is 7.11 Å². The Kier molecular flexibility index (Phi) is 6.08. The monoisotopic (exact) mass is 265 g/mol. The molecule has 0 saturated heterocycles. The Bertz CT molecular complexity index is 432. The molecule has 1 aromatic rings. The zero-order valence-electron chi connectivity index (χ0n) is 10.6. The van der Waals surface area contributed by atoms with E-state index >= 15 is 0 Å². The summed E-state index contributed by atoms with van der Waals surface area (Å²) in [5, 5.41) is 0. The van der Waals surface area contributed by atoms with Gasteiger partial charge in [0.25, 0.3) is 0 Å². The van der Waals surface area contributed by atoms with Crippen molar-refractivity contribution in [2.45, 2.75) is 6.61 Å². The molecular formula is C13H15NO5. The van der Waals surface area contributed by atoms with Gasteiger partial charge in [-0.15, -0.1) is 0 Å². The molecule has 6 nitrogen and oxygen atoms in total. The van der Waals surface area contributed by atoms with Gasteiger partial charge >= 0.3 is 12.1 Å². The minimum absolute atomic E-state index is 0.0796. The van der Waals surface area contributed by atoms with Crippen molar-refractivity contribution in [3.63, 3.8) is 0 Å². The number of carbonyl (C=O) groups excluding carboxylic acids is 3. The third-order valence-corrected chi connectivity index (χ3v) is 2.31. The quantitative estimate of drug-likeness (QED) is 0.566. The number of amides is 1. The molecule has 0 spiro atoms. The first-order valence-electron chi connectivity index (χ1n) is 5.63. The molecule has 0 saturated carbocycles. The van der Waals surface area contributed by atoms with E-state index in [9.17, 15) is 14.4 Å². The lowest BCUT2D eigenvalue weighted by molar-refractivity contribution is -0.141. The highest BCUT2D eigenvalue weighted by Crippen LogP contribution is 2.03. The zero-order valence-corrected chi connectivity index (χ0v) is 10.6. The maximum Gasteiger partial charge on any atom is 0.411 e. The predicted molar refractivity (Wildman–Crippen MR) is 66.3 cm³/mol. The topological polar surface area (TPSA) is 72.9 Å². The highest BCUT2D eigenvalue weighted by Gasteiger charge is 2.18. The van der Waals surface area contributed by atoms with Crippen LogP contribution in [0.2, 0.25) is 0 Å². The van der Waals surface area contributed by atoms with Crippen molar-refractivity contribution in [1.29, 1.82) is 0 Å². The molecule has 0 heterocycles. The van der Waals surface area contributed by atoms with Crippen molar-refractivity contribution < 1.29 is 23.9 Å². The van der Waals surface area contributed by atoms with Crippen LogP contribution >= 0.6 is 0 Å². The standard InChI is InChI=1S/C13H15NO5/c1-18-12(16)9-14(7-8-15)13(17)19-10-11-5-3-2-4-6-11/h2-6,8H,7,9-10H2,1H3. The van der Waals surface area contributed by atoms with Gasteiger partial charge in [-0.1, -0.05) is 30.3 Å². The number of benzene rings is 1. The average Bonchev–Trinajstić information content (AvgIpc) is 2.45. The molecule has 0 aliphatic heterocycles. The molecule has 0 bridgehead atoms. The van der Waals surface area contributed by atoms with Gasteiger partial charge in [0.2, 0.25) is 0 Å². The second-order valence-electron chi connectivity index (χ2n) is 3.66. The highest BCUT2D eigenvalue weighted by molar-refractivity contribution is 5.79. The van der Waals surface area contributed by atoms with Crippen LogP contribution in [0.5, 0.6) is 0 Å². The van der Waals surface area contributed by atoms with Gasteiger partial charge in [-0.3, -0.25) is 9.69 Å². The van der Waals surface area contributed by atoms with Crippen molar-refractivity contribution in [2.75, 3.05) is 20.2 Å². The summed E-state index contributed by atoms with van der Waals surface area (Å²) < 4.78 is 9.44. The summed E-state index contributed by atoms with van der Waals surface area (Å²) in [5.41, 5.74) is 0.819. The van der Waals surface area contributed by atoms with E-state index in [1.807, 2.05) is 18.2 Å². The van der Waals surface area contributed by atoms with Gasteiger partial charge in [-0.05, 0) is 5.56 Å². The Labute approximate surface area is 110 Å². The lowest BCUT2D eigenvalue weighted by atomic mass is 10.2. The Morgan fingerprint density at radius 3 is 2.53 bits per heavy atom. The second kappa shape index (κ2) is 7.86. The van der Waals surface area contributed by atoms with Crippen molar-refractivity contribution >= 4 is 18.3 Å². The van der Waals surface area contributed by atoms with Crippen molar-refractivity contribution in [3.05, 3.63) is 35.9 Å². The van der Waals surface area contributed by atoms with Gasteiger partial charge in [0.1, 0.15) is 19.4 Å². The van der Waals surface area contributed by atoms with Gasteiger partial charge in [-0.25, -0.2) is 4.79 Å².